The van der Waals surface area contributed by atoms with Crippen molar-refractivity contribution in [1.82, 2.24) is 4.57 Å². The lowest BCUT2D eigenvalue weighted by Gasteiger charge is -2.27. The highest BCUT2D eigenvalue weighted by molar-refractivity contribution is 7.25. The van der Waals surface area contributed by atoms with Gasteiger partial charge in [-0.25, -0.2) is 0 Å². The number of thiophene rings is 1. The van der Waals surface area contributed by atoms with E-state index in [4.69, 9.17) is 0 Å². The molecule has 3 heteroatoms. The highest BCUT2D eigenvalue weighted by atomic mass is 32.1. The van der Waals surface area contributed by atoms with Gasteiger partial charge in [0.25, 0.3) is 0 Å². The van der Waals surface area contributed by atoms with Crippen LogP contribution >= 0.6 is 11.3 Å². The lowest BCUT2D eigenvalue weighted by Crippen LogP contribution is -2.10. The number of anilines is 3. The molecule has 0 saturated carbocycles. The summed E-state index contributed by atoms with van der Waals surface area (Å²) in [6, 6.07) is 71.0. The van der Waals surface area contributed by atoms with Crippen LogP contribution in [0.5, 0.6) is 0 Å². The lowest BCUT2D eigenvalue weighted by atomic mass is 9.98. The van der Waals surface area contributed by atoms with Crippen LogP contribution < -0.4 is 4.90 Å². The summed E-state index contributed by atoms with van der Waals surface area (Å²) in [6.45, 7) is 0. The molecule has 0 aliphatic carbocycles. The predicted octanol–water partition coefficient (Wildman–Crippen LogP) is 14.6. The first-order chi connectivity index (χ1) is 26.3. The predicted molar refractivity (Wildman–Crippen MR) is 229 cm³/mol. The molecule has 2 nitrogen and oxygen atoms in total. The minimum atomic E-state index is 1.11. The summed E-state index contributed by atoms with van der Waals surface area (Å²) in [5, 5.41) is 10.1. The number of para-hydroxylation sites is 2. The standard InChI is InChI=1S/C50H32N2S/c1-2-13-36(14-3-1)52-44-19-8-6-16-41(44)50-45(20-11-21-46(50)52)51(38-31-28-35-25-24-33-12-4-5-15-39(33)43(35)32-38)37-29-26-34(27-30-37)40-18-10-23-48-49(40)42-17-7-9-22-47(42)53-48/h1-32H. The number of aromatic nitrogens is 1. The Kier molecular flexibility index (Phi) is 6.76. The number of benzene rings is 9. The summed E-state index contributed by atoms with van der Waals surface area (Å²) in [7, 11) is 0. The van der Waals surface area contributed by atoms with Crippen molar-refractivity contribution in [3.05, 3.63) is 194 Å². The minimum Gasteiger partial charge on any atom is -0.310 e. The van der Waals surface area contributed by atoms with Crippen molar-refractivity contribution < 1.29 is 0 Å². The van der Waals surface area contributed by atoms with Crippen LogP contribution in [-0.2, 0) is 0 Å². The molecule has 0 bridgehead atoms. The highest BCUT2D eigenvalue weighted by Crippen LogP contribution is 2.46. The van der Waals surface area contributed by atoms with Crippen LogP contribution in [0, 0.1) is 0 Å². The van der Waals surface area contributed by atoms with Gasteiger partial charge in [0.2, 0.25) is 0 Å². The third-order valence-electron chi connectivity index (χ3n) is 10.8. The Hall–Kier alpha value is -6.68. The Bertz CT molecular complexity index is 3170. The normalized spacial score (nSPS) is 11.8. The van der Waals surface area contributed by atoms with Gasteiger partial charge < -0.3 is 9.47 Å². The summed E-state index contributed by atoms with van der Waals surface area (Å²) in [5.41, 5.74) is 9.38. The second-order valence-electron chi connectivity index (χ2n) is 13.7. The third-order valence-corrected chi connectivity index (χ3v) is 11.9. The van der Waals surface area contributed by atoms with E-state index < -0.39 is 0 Å². The van der Waals surface area contributed by atoms with Gasteiger partial charge in [-0.3, -0.25) is 0 Å². The molecule has 0 radical (unpaired) electrons. The summed E-state index contributed by atoms with van der Waals surface area (Å²) in [4.78, 5) is 2.45. The van der Waals surface area contributed by atoms with Gasteiger partial charge in [-0.1, -0.05) is 127 Å². The largest absolute Gasteiger partial charge is 0.310 e. The van der Waals surface area contributed by atoms with E-state index in [9.17, 15) is 0 Å². The molecule has 0 spiro atoms. The molecule has 0 aliphatic heterocycles. The summed E-state index contributed by atoms with van der Waals surface area (Å²) in [6.07, 6.45) is 0. The molecular weight excluding hydrogens is 661 g/mol. The maximum absolute atomic E-state index is 2.45. The fourth-order valence-electron chi connectivity index (χ4n) is 8.40. The van der Waals surface area contributed by atoms with Crippen LogP contribution in [0.2, 0.25) is 0 Å². The molecule has 2 heterocycles. The van der Waals surface area contributed by atoms with Crippen LogP contribution in [0.3, 0.4) is 0 Å². The molecule has 248 valence electrons. The Morgan fingerprint density at radius 3 is 1.91 bits per heavy atom. The van der Waals surface area contributed by atoms with Crippen LogP contribution in [0.1, 0.15) is 0 Å². The average Bonchev–Trinajstić information content (AvgIpc) is 3.78. The number of fused-ring (bicyclic) bond motifs is 9. The minimum absolute atomic E-state index is 1.11. The van der Waals surface area contributed by atoms with Gasteiger partial charge in [0, 0.05) is 48.0 Å². The van der Waals surface area contributed by atoms with Crippen molar-refractivity contribution in [2.75, 3.05) is 4.90 Å². The van der Waals surface area contributed by atoms with Crippen LogP contribution in [0.15, 0.2) is 194 Å². The summed E-state index contributed by atoms with van der Waals surface area (Å²) >= 11 is 1.87. The van der Waals surface area contributed by atoms with Gasteiger partial charge in [-0.05, 0) is 99.4 Å². The van der Waals surface area contributed by atoms with E-state index in [-0.39, 0.29) is 0 Å². The van der Waals surface area contributed by atoms with Gasteiger partial charge >= 0.3 is 0 Å². The first-order valence-electron chi connectivity index (χ1n) is 18.1. The summed E-state index contributed by atoms with van der Waals surface area (Å²) < 4.78 is 5.04. The van der Waals surface area contributed by atoms with Gasteiger partial charge in [-0.2, -0.15) is 0 Å². The Balaban J connectivity index is 1.16. The second-order valence-corrected chi connectivity index (χ2v) is 14.8. The molecule has 0 atom stereocenters. The second kappa shape index (κ2) is 11.9. The molecule has 2 aromatic heterocycles. The van der Waals surface area contributed by atoms with Crippen molar-refractivity contribution in [2.45, 2.75) is 0 Å². The Morgan fingerprint density at radius 2 is 1.04 bits per heavy atom. The summed E-state index contributed by atoms with van der Waals surface area (Å²) in [5.74, 6) is 0. The van der Waals surface area contributed by atoms with Crippen molar-refractivity contribution >= 4 is 91.9 Å². The maximum atomic E-state index is 2.45. The quantitative estimate of drug-likeness (QED) is 0.163. The zero-order valence-corrected chi connectivity index (χ0v) is 29.6. The van der Waals surface area contributed by atoms with E-state index in [0.717, 1.165) is 22.7 Å². The molecule has 0 N–H and O–H groups in total. The van der Waals surface area contributed by atoms with E-state index in [2.05, 4.69) is 204 Å². The first kappa shape index (κ1) is 30.0. The van der Waals surface area contributed by atoms with E-state index >= 15 is 0 Å². The molecule has 11 rings (SSSR count). The van der Waals surface area contributed by atoms with Crippen LogP contribution in [0.4, 0.5) is 17.1 Å². The average molecular weight is 693 g/mol. The molecule has 11 aromatic rings. The van der Waals surface area contributed by atoms with Gasteiger partial charge in [0.1, 0.15) is 0 Å². The van der Waals surface area contributed by atoms with Gasteiger partial charge in [0.15, 0.2) is 0 Å². The number of hydrogen-bond acceptors (Lipinski definition) is 2. The maximum Gasteiger partial charge on any atom is 0.0562 e. The smallest absolute Gasteiger partial charge is 0.0562 e. The molecule has 0 saturated heterocycles. The Labute approximate surface area is 311 Å². The molecule has 0 unspecified atom stereocenters. The number of nitrogens with zero attached hydrogens (tertiary/aromatic N) is 2. The molecule has 9 aromatic carbocycles. The van der Waals surface area contributed by atoms with Crippen LogP contribution in [-0.4, -0.2) is 4.57 Å². The van der Waals surface area contributed by atoms with Gasteiger partial charge in [0.05, 0.1) is 16.7 Å². The topological polar surface area (TPSA) is 8.17 Å². The van der Waals surface area contributed by atoms with Crippen LogP contribution in [0.25, 0.3) is 80.3 Å². The fourth-order valence-corrected chi connectivity index (χ4v) is 9.54. The zero-order valence-electron chi connectivity index (χ0n) is 28.8. The molecule has 53 heavy (non-hydrogen) atoms. The molecule has 0 amide bonds. The van der Waals surface area contributed by atoms with Crippen molar-refractivity contribution in [2.24, 2.45) is 0 Å². The van der Waals surface area contributed by atoms with Crippen molar-refractivity contribution in [3.8, 4) is 16.8 Å². The fraction of sp³-hybridized carbons (Fsp3) is 0. The lowest BCUT2D eigenvalue weighted by molar-refractivity contribution is 1.18. The molecule has 0 aliphatic rings. The zero-order chi connectivity index (χ0) is 34.9. The van der Waals surface area contributed by atoms with Gasteiger partial charge in [-0.15, -0.1) is 11.3 Å². The van der Waals surface area contributed by atoms with E-state index in [1.165, 1.54) is 74.6 Å². The third kappa shape index (κ3) is 4.71. The van der Waals surface area contributed by atoms with E-state index in [1.54, 1.807) is 0 Å². The monoisotopic (exact) mass is 692 g/mol. The Morgan fingerprint density at radius 1 is 0.396 bits per heavy atom. The highest BCUT2D eigenvalue weighted by Gasteiger charge is 2.22. The SMILES string of the molecule is c1ccc(-n2c3ccccc3c3c(N(c4ccc(-c5cccc6sc7ccccc7c56)cc4)c4ccc5ccc6ccccc6c5c4)cccc32)cc1. The van der Waals surface area contributed by atoms with Crippen molar-refractivity contribution in [3.63, 3.8) is 0 Å². The number of hydrogen-bond donors (Lipinski definition) is 0. The molecule has 0 fully saturated rings. The molecular formula is C50H32N2S. The van der Waals surface area contributed by atoms with E-state index in [1.807, 2.05) is 11.3 Å². The number of rotatable bonds is 5. The van der Waals surface area contributed by atoms with E-state index in [0.29, 0.717) is 0 Å². The van der Waals surface area contributed by atoms with Crippen molar-refractivity contribution in [1.29, 1.82) is 0 Å². The first-order valence-corrected chi connectivity index (χ1v) is 18.9.